The molecule has 2 aromatic carbocycles. The Kier molecular flexibility index (Phi) is 7.36. The van der Waals surface area contributed by atoms with Crippen molar-refractivity contribution >= 4 is 40.6 Å². The lowest BCUT2D eigenvalue weighted by Crippen LogP contribution is -2.28. The van der Waals surface area contributed by atoms with Gasteiger partial charge in [0.2, 0.25) is 0 Å². The molecule has 1 heterocycles. The molecule has 1 aliphatic rings. The van der Waals surface area contributed by atoms with Gasteiger partial charge in [-0.2, -0.15) is 0 Å². The summed E-state index contributed by atoms with van der Waals surface area (Å²) in [6.45, 7) is 4.86. The molecule has 8 heteroatoms. The van der Waals surface area contributed by atoms with Crippen LogP contribution in [-0.4, -0.2) is 47.3 Å². The molecular formula is C23H24N2O5S. The summed E-state index contributed by atoms with van der Waals surface area (Å²) in [5, 5.41) is 9.70. The van der Waals surface area contributed by atoms with Gasteiger partial charge in [0.25, 0.3) is 5.91 Å². The molecule has 0 atom stereocenters. The molecule has 1 saturated heterocycles. The summed E-state index contributed by atoms with van der Waals surface area (Å²) < 4.78 is 11.3. The number of ether oxygens (including phenoxy) is 2. The minimum atomic E-state index is -1.03. The molecule has 7 nitrogen and oxygen atoms in total. The number of para-hydroxylation sites is 1. The second-order valence-electron chi connectivity index (χ2n) is 6.64. The predicted octanol–water partition coefficient (Wildman–Crippen LogP) is 4.81. The number of amides is 1. The van der Waals surface area contributed by atoms with Crippen molar-refractivity contribution in [1.82, 2.24) is 4.90 Å². The Morgan fingerprint density at radius 1 is 1.23 bits per heavy atom. The molecule has 1 N–H and O–H groups in total. The summed E-state index contributed by atoms with van der Waals surface area (Å²) in [6.07, 6.45) is 2.62. The van der Waals surface area contributed by atoms with Crippen LogP contribution in [0.15, 0.2) is 52.4 Å². The van der Waals surface area contributed by atoms with Crippen molar-refractivity contribution < 1.29 is 24.2 Å². The number of aliphatic imine (C=N–C) groups is 1. The third-order valence-electron chi connectivity index (χ3n) is 4.49. The molecule has 0 aromatic heterocycles. The van der Waals surface area contributed by atoms with Gasteiger partial charge in [-0.1, -0.05) is 25.1 Å². The number of carboxylic acids is 1. The smallest absolute Gasteiger partial charge is 0.335 e. The monoisotopic (exact) mass is 440 g/mol. The maximum absolute atomic E-state index is 13.0. The number of hydrogen-bond acceptors (Lipinski definition) is 6. The van der Waals surface area contributed by atoms with E-state index in [0.29, 0.717) is 40.4 Å². The summed E-state index contributed by atoms with van der Waals surface area (Å²) in [4.78, 5) is 30.8. The number of nitrogens with zero attached hydrogens (tertiary/aromatic N) is 2. The number of thioether (sulfide) groups is 1. The number of benzene rings is 2. The molecule has 0 bridgehead atoms. The van der Waals surface area contributed by atoms with Crippen LogP contribution in [0, 0.1) is 0 Å². The molecule has 1 amide bonds. The quantitative estimate of drug-likeness (QED) is 0.593. The molecule has 0 spiro atoms. The van der Waals surface area contributed by atoms with E-state index >= 15 is 0 Å². The summed E-state index contributed by atoms with van der Waals surface area (Å²) >= 11 is 1.25. The van der Waals surface area contributed by atoms with Gasteiger partial charge in [-0.25, -0.2) is 9.79 Å². The average molecular weight is 441 g/mol. The van der Waals surface area contributed by atoms with Crippen LogP contribution in [0.1, 0.15) is 36.2 Å². The molecule has 0 radical (unpaired) electrons. The lowest BCUT2D eigenvalue weighted by atomic mass is 10.1. The normalized spacial score (nSPS) is 16.2. The van der Waals surface area contributed by atoms with Crippen LogP contribution in [0.4, 0.5) is 5.69 Å². The molecular weight excluding hydrogens is 416 g/mol. The summed E-state index contributed by atoms with van der Waals surface area (Å²) in [5.74, 6) is 0.00739. The maximum Gasteiger partial charge on any atom is 0.335 e. The van der Waals surface area contributed by atoms with Crippen LogP contribution in [0.3, 0.4) is 0 Å². The second-order valence-corrected chi connectivity index (χ2v) is 7.65. The van der Waals surface area contributed by atoms with Crippen molar-refractivity contribution in [3.05, 3.63) is 58.5 Å². The maximum atomic E-state index is 13.0. The van der Waals surface area contributed by atoms with Gasteiger partial charge in [-0.3, -0.25) is 9.69 Å². The summed E-state index contributed by atoms with van der Waals surface area (Å²) in [5.41, 5.74) is 1.36. The highest BCUT2D eigenvalue weighted by molar-refractivity contribution is 8.18. The van der Waals surface area contributed by atoms with Crippen molar-refractivity contribution in [2.75, 3.05) is 20.3 Å². The van der Waals surface area contributed by atoms with E-state index in [1.54, 1.807) is 30.2 Å². The standard InChI is InChI=1S/C23H24N2O5S/c1-4-12-30-20-15(8-7-11-18(20)29-3)14-19-21(26)25(5-2)23(31-19)24-17-10-6-9-16(13-17)22(27)28/h6-11,13-14H,4-5,12H2,1-3H3,(H,27,28)/b19-14+,24-23?. The van der Waals surface area contributed by atoms with E-state index in [4.69, 9.17) is 9.47 Å². The number of hydrogen-bond donors (Lipinski definition) is 1. The zero-order chi connectivity index (χ0) is 22.4. The highest BCUT2D eigenvalue weighted by Crippen LogP contribution is 2.38. The van der Waals surface area contributed by atoms with Crippen molar-refractivity contribution in [3.8, 4) is 11.5 Å². The fourth-order valence-corrected chi connectivity index (χ4v) is 4.05. The van der Waals surface area contributed by atoms with Gasteiger partial charge in [0, 0.05) is 12.1 Å². The highest BCUT2D eigenvalue weighted by atomic mass is 32.2. The molecule has 3 rings (SSSR count). The van der Waals surface area contributed by atoms with E-state index in [1.807, 2.05) is 32.0 Å². The number of carbonyl (C=O) groups is 2. The van der Waals surface area contributed by atoms with Crippen LogP contribution in [0.5, 0.6) is 11.5 Å². The largest absolute Gasteiger partial charge is 0.493 e. The Morgan fingerprint density at radius 3 is 2.68 bits per heavy atom. The van der Waals surface area contributed by atoms with E-state index in [-0.39, 0.29) is 11.5 Å². The first-order valence-corrected chi connectivity index (χ1v) is 10.7. The number of methoxy groups -OCH3 is 1. The summed E-state index contributed by atoms with van der Waals surface area (Å²) in [7, 11) is 1.58. The average Bonchev–Trinajstić information content (AvgIpc) is 3.06. The van der Waals surface area contributed by atoms with Gasteiger partial charge in [-0.15, -0.1) is 0 Å². The van der Waals surface area contributed by atoms with Crippen molar-refractivity contribution in [2.24, 2.45) is 4.99 Å². The Bertz CT molecular complexity index is 1050. The van der Waals surface area contributed by atoms with E-state index in [0.717, 1.165) is 12.0 Å². The highest BCUT2D eigenvalue weighted by Gasteiger charge is 2.32. The number of aromatic carboxylic acids is 1. The van der Waals surface area contributed by atoms with E-state index < -0.39 is 5.97 Å². The van der Waals surface area contributed by atoms with Gasteiger partial charge in [0.1, 0.15) is 0 Å². The molecule has 0 unspecified atom stereocenters. The Morgan fingerprint density at radius 2 is 2.00 bits per heavy atom. The van der Waals surface area contributed by atoms with Gasteiger partial charge in [0.05, 0.1) is 29.9 Å². The Hall–Kier alpha value is -3.26. The second kappa shape index (κ2) is 10.2. The topological polar surface area (TPSA) is 88.4 Å². The fourth-order valence-electron chi connectivity index (χ4n) is 3.00. The number of likely N-dealkylation sites (N-methyl/N-ethyl adjacent to an activating group) is 1. The van der Waals surface area contributed by atoms with Gasteiger partial charge < -0.3 is 14.6 Å². The van der Waals surface area contributed by atoms with Crippen molar-refractivity contribution in [2.45, 2.75) is 20.3 Å². The SMILES string of the molecule is CCCOc1c(/C=C2/SC(=Nc3cccc(C(=O)O)c3)N(CC)C2=O)cccc1OC. The summed E-state index contributed by atoms with van der Waals surface area (Å²) in [6, 6.07) is 11.9. The van der Waals surface area contributed by atoms with Crippen LogP contribution >= 0.6 is 11.8 Å². The first kappa shape index (κ1) is 22.4. The van der Waals surface area contributed by atoms with Crippen LogP contribution in [0.2, 0.25) is 0 Å². The first-order chi connectivity index (χ1) is 15.0. The van der Waals surface area contributed by atoms with Crippen LogP contribution < -0.4 is 9.47 Å². The molecule has 1 fully saturated rings. The number of carbonyl (C=O) groups excluding carboxylic acids is 1. The molecule has 2 aromatic rings. The molecule has 31 heavy (non-hydrogen) atoms. The van der Waals surface area contributed by atoms with Crippen LogP contribution in [0.25, 0.3) is 6.08 Å². The zero-order valence-electron chi connectivity index (χ0n) is 17.6. The van der Waals surface area contributed by atoms with E-state index in [2.05, 4.69) is 4.99 Å². The first-order valence-electron chi connectivity index (χ1n) is 9.91. The lowest BCUT2D eigenvalue weighted by molar-refractivity contribution is -0.122. The number of carboxylic acid groups (broad SMARTS) is 1. The zero-order valence-corrected chi connectivity index (χ0v) is 18.4. The predicted molar refractivity (Wildman–Crippen MR) is 122 cm³/mol. The minimum Gasteiger partial charge on any atom is -0.493 e. The van der Waals surface area contributed by atoms with Crippen molar-refractivity contribution in [1.29, 1.82) is 0 Å². The molecule has 0 saturated carbocycles. The van der Waals surface area contributed by atoms with Crippen LogP contribution in [-0.2, 0) is 4.79 Å². The third kappa shape index (κ3) is 5.08. The van der Waals surface area contributed by atoms with Gasteiger partial charge >= 0.3 is 5.97 Å². The fraction of sp³-hybridized carbons (Fsp3) is 0.261. The Labute approximate surface area is 185 Å². The Balaban J connectivity index is 1.98. The minimum absolute atomic E-state index is 0.143. The lowest BCUT2D eigenvalue weighted by Gasteiger charge is -2.13. The van der Waals surface area contributed by atoms with Gasteiger partial charge in [-0.05, 0) is 55.4 Å². The third-order valence-corrected chi connectivity index (χ3v) is 5.50. The molecule has 0 aliphatic carbocycles. The van der Waals surface area contributed by atoms with Gasteiger partial charge in [0.15, 0.2) is 16.7 Å². The molecule has 1 aliphatic heterocycles. The number of rotatable bonds is 8. The van der Waals surface area contributed by atoms with Crippen molar-refractivity contribution in [3.63, 3.8) is 0 Å². The molecule has 162 valence electrons. The van der Waals surface area contributed by atoms with E-state index in [1.165, 1.54) is 23.9 Å². The van der Waals surface area contributed by atoms with E-state index in [9.17, 15) is 14.7 Å². The number of amidine groups is 1.